The second kappa shape index (κ2) is 5.31. The maximum absolute atomic E-state index is 12.4. The van der Waals surface area contributed by atoms with Crippen molar-refractivity contribution >= 4 is 48.8 Å². The largest absolute Gasteiger partial charge is 0.477 e. The Kier molecular flexibility index (Phi) is 3.68. The molecule has 1 aliphatic rings. The number of anilines is 1. The quantitative estimate of drug-likeness (QED) is 0.879. The number of aromatic carboxylic acids is 1. The van der Waals surface area contributed by atoms with E-state index in [2.05, 4.69) is 5.32 Å². The summed E-state index contributed by atoms with van der Waals surface area (Å²) in [4.78, 5) is 23.6. The molecule has 1 amide bonds. The fourth-order valence-electron chi connectivity index (χ4n) is 2.74. The number of carbonyl (C=O) groups is 2. The Bertz CT molecular complexity index is 909. The topological polar surface area (TPSA) is 101 Å². The SMILES string of the molecule is CS(=O)(=O)C1(C(=O)Nc2ccc3sc(C(=O)O)cc3c2)CCC1. The maximum atomic E-state index is 12.4. The summed E-state index contributed by atoms with van der Waals surface area (Å²) in [5, 5.41) is 12.4. The lowest BCUT2D eigenvalue weighted by molar-refractivity contribution is -0.120. The van der Waals surface area contributed by atoms with Crippen molar-refractivity contribution in [2.45, 2.75) is 24.0 Å². The lowest BCUT2D eigenvalue weighted by atomic mass is 9.83. The van der Waals surface area contributed by atoms with Crippen molar-refractivity contribution in [1.82, 2.24) is 0 Å². The lowest BCUT2D eigenvalue weighted by Gasteiger charge is -2.38. The Morgan fingerprint density at radius 3 is 2.48 bits per heavy atom. The van der Waals surface area contributed by atoms with Crippen LogP contribution in [0.3, 0.4) is 0 Å². The summed E-state index contributed by atoms with van der Waals surface area (Å²) >= 11 is 1.15. The summed E-state index contributed by atoms with van der Waals surface area (Å²) in [5.41, 5.74) is 0.465. The molecule has 0 saturated heterocycles. The van der Waals surface area contributed by atoms with E-state index in [9.17, 15) is 18.0 Å². The zero-order valence-electron chi connectivity index (χ0n) is 12.3. The molecule has 2 N–H and O–H groups in total. The molecule has 6 nitrogen and oxygen atoms in total. The van der Waals surface area contributed by atoms with Gasteiger partial charge in [-0.05, 0) is 48.9 Å². The highest BCUT2D eigenvalue weighted by Crippen LogP contribution is 2.40. The van der Waals surface area contributed by atoms with E-state index in [-0.39, 0.29) is 4.88 Å². The molecule has 2 aromatic rings. The molecule has 1 aromatic carbocycles. The van der Waals surface area contributed by atoms with Gasteiger partial charge in [-0.1, -0.05) is 0 Å². The molecule has 0 atom stereocenters. The number of carbonyl (C=O) groups excluding carboxylic acids is 1. The molecule has 122 valence electrons. The Balaban J connectivity index is 1.89. The molecule has 1 saturated carbocycles. The van der Waals surface area contributed by atoms with Crippen LogP contribution < -0.4 is 5.32 Å². The highest BCUT2D eigenvalue weighted by Gasteiger charge is 2.52. The molecule has 23 heavy (non-hydrogen) atoms. The summed E-state index contributed by atoms with van der Waals surface area (Å²) in [6.45, 7) is 0. The summed E-state index contributed by atoms with van der Waals surface area (Å²) < 4.78 is 23.3. The molecule has 0 aliphatic heterocycles. The normalized spacial score (nSPS) is 16.7. The molecule has 0 spiro atoms. The Morgan fingerprint density at radius 1 is 1.26 bits per heavy atom. The molecule has 0 radical (unpaired) electrons. The van der Waals surface area contributed by atoms with E-state index >= 15 is 0 Å². The first-order valence-corrected chi connectivity index (χ1v) is 9.72. The number of amides is 1. The number of nitrogens with one attached hydrogen (secondary N) is 1. The number of sulfone groups is 1. The van der Waals surface area contributed by atoms with E-state index in [4.69, 9.17) is 5.11 Å². The molecular weight excluding hydrogens is 338 g/mol. The summed E-state index contributed by atoms with van der Waals surface area (Å²) in [5.74, 6) is -1.51. The van der Waals surface area contributed by atoms with Crippen LogP contribution in [0.4, 0.5) is 5.69 Å². The second-order valence-electron chi connectivity index (χ2n) is 5.74. The van der Waals surface area contributed by atoms with Gasteiger partial charge in [-0.2, -0.15) is 0 Å². The van der Waals surface area contributed by atoms with Gasteiger partial charge in [-0.3, -0.25) is 4.79 Å². The van der Waals surface area contributed by atoms with E-state index in [1.165, 1.54) is 6.07 Å². The van der Waals surface area contributed by atoms with Crippen molar-refractivity contribution in [2.24, 2.45) is 0 Å². The second-order valence-corrected chi connectivity index (χ2v) is 9.15. The Morgan fingerprint density at radius 2 is 1.96 bits per heavy atom. The van der Waals surface area contributed by atoms with Crippen molar-refractivity contribution in [3.63, 3.8) is 0 Å². The van der Waals surface area contributed by atoms with E-state index in [0.29, 0.717) is 30.3 Å². The number of hydrogen-bond acceptors (Lipinski definition) is 5. The number of fused-ring (bicyclic) bond motifs is 1. The van der Waals surface area contributed by atoms with E-state index < -0.39 is 26.5 Å². The molecule has 0 bridgehead atoms. The van der Waals surface area contributed by atoms with Crippen LogP contribution in [0.5, 0.6) is 0 Å². The minimum absolute atomic E-state index is 0.218. The molecular formula is C15H15NO5S2. The van der Waals surface area contributed by atoms with Gasteiger partial charge in [-0.15, -0.1) is 11.3 Å². The van der Waals surface area contributed by atoms with Crippen LogP contribution in [0.1, 0.15) is 28.9 Å². The van der Waals surface area contributed by atoms with Gasteiger partial charge in [-0.25, -0.2) is 13.2 Å². The predicted molar refractivity (Wildman–Crippen MR) is 88.8 cm³/mol. The van der Waals surface area contributed by atoms with Gasteiger partial charge < -0.3 is 10.4 Å². The van der Waals surface area contributed by atoms with Crippen molar-refractivity contribution in [3.8, 4) is 0 Å². The first-order chi connectivity index (χ1) is 10.7. The standard InChI is InChI=1S/C15H15NO5S2/c1-23(20,21)15(5-2-6-15)14(19)16-10-3-4-11-9(7-10)8-12(22-11)13(17)18/h3-4,7-8H,2,5-6H2,1H3,(H,16,19)(H,17,18). The van der Waals surface area contributed by atoms with Crippen LogP contribution in [0.2, 0.25) is 0 Å². The summed E-state index contributed by atoms with van der Waals surface area (Å²) in [7, 11) is -3.48. The zero-order chi connectivity index (χ0) is 16.8. The minimum Gasteiger partial charge on any atom is -0.477 e. The number of rotatable bonds is 4. The molecule has 3 rings (SSSR count). The monoisotopic (exact) mass is 353 g/mol. The smallest absolute Gasteiger partial charge is 0.345 e. The van der Waals surface area contributed by atoms with Gasteiger partial charge in [0.15, 0.2) is 14.6 Å². The van der Waals surface area contributed by atoms with Crippen LogP contribution in [0, 0.1) is 0 Å². The highest BCUT2D eigenvalue weighted by atomic mass is 32.2. The maximum Gasteiger partial charge on any atom is 0.345 e. The fourth-order valence-corrected chi connectivity index (χ4v) is 5.04. The lowest BCUT2D eigenvalue weighted by Crippen LogP contribution is -2.54. The third-order valence-electron chi connectivity index (χ3n) is 4.27. The van der Waals surface area contributed by atoms with E-state index in [1.807, 2.05) is 0 Å². The van der Waals surface area contributed by atoms with E-state index in [0.717, 1.165) is 22.3 Å². The number of hydrogen-bond donors (Lipinski definition) is 2. The molecule has 1 aliphatic carbocycles. The van der Waals surface area contributed by atoms with Gasteiger partial charge in [0.1, 0.15) is 4.88 Å². The zero-order valence-corrected chi connectivity index (χ0v) is 14.0. The van der Waals surface area contributed by atoms with Crippen LogP contribution in [0.15, 0.2) is 24.3 Å². The van der Waals surface area contributed by atoms with Crippen LogP contribution in [0.25, 0.3) is 10.1 Å². The van der Waals surface area contributed by atoms with Gasteiger partial charge in [0.25, 0.3) is 0 Å². The number of thiophene rings is 1. The average Bonchev–Trinajstić information content (AvgIpc) is 2.78. The average molecular weight is 353 g/mol. The molecule has 0 unspecified atom stereocenters. The van der Waals surface area contributed by atoms with Crippen molar-refractivity contribution in [2.75, 3.05) is 11.6 Å². The molecule has 1 fully saturated rings. The van der Waals surface area contributed by atoms with Gasteiger partial charge in [0, 0.05) is 16.6 Å². The third kappa shape index (κ3) is 2.61. The Hall–Kier alpha value is -1.93. The summed E-state index contributed by atoms with van der Waals surface area (Å²) in [6, 6.07) is 6.56. The molecule has 8 heteroatoms. The third-order valence-corrected chi connectivity index (χ3v) is 7.39. The van der Waals surface area contributed by atoms with Crippen molar-refractivity contribution < 1.29 is 23.1 Å². The van der Waals surface area contributed by atoms with Crippen molar-refractivity contribution in [1.29, 1.82) is 0 Å². The van der Waals surface area contributed by atoms with Crippen LogP contribution in [-0.4, -0.2) is 36.4 Å². The van der Waals surface area contributed by atoms with Gasteiger partial charge >= 0.3 is 5.97 Å². The molecule has 1 aromatic heterocycles. The number of benzene rings is 1. The van der Waals surface area contributed by atoms with Gasteiger partial charge in [0.2, 0.25) is 5.91 Å². The fraction of sp³-hybridized carbons (Fsp3) is 0.333. The Labute approximate surface area is 137 Å². The van der Waals surface area contributed by atoms with Crippen molar-refractivity contribution in [3.05, 3.63) is 29.1 Å². The number of carboxylic acids is 1. The van der Waals surface area contributed by atoms with Crippen LogP contribution >= 0.6 is 11.3 Å². The predicted octanol–water partition coefficient (Wildman–Crippen LogP) is 2.51. The molecule has 1 heterocycles. The van der Waals surface area contributed by atoms with Gasteiger partial charge in [0.05, 0.1) is 0 Å². The highest BCUT2D eigenvalue weighted by molar-refractivity contribution is 7.93. The van der Waals surface area contributed by atoms with Crippen LogP contribution in [-0.2, 0) is 14.6 Å². The first-order valence-electron chi connectivity index (χ1n) is 7.01. The number of carboxylic acid groups (broad SMARTS) is 1. The first kappa shape index (κ1) is 15.9. The van der Waals surface area contributed by atoms with E-state index in [1.54, 1.807) is 18.2 Å². The minimum atomic E-state index is -3.48. The summed E-state index contributed by atoms with van der Waals surface area (Å²) in [6.07, 6.45) is 2.47.